The maximum Gasteiger partial charge on any atom is 0.295 e. The highest BCUT2D eigenvalue weighted by atomic mass is 16.5. The normalized spacial score (nSPS) is 17.2. The Hall–Kier alpha value is -3.90. The molecule has 3 aromatic carbocycles. The van der Waals surface area contributed by atoms with Crippen LogP contribution in [0.2, 0.25) is 0 Å². The summed E-state index contributed by atoms with van der Waals surface area (Å²) >= 11 is 0. The Morgan fingerprint density at radius 2 is 1.54 bits per heavy atom. The SMILES string of the molecule is CN(C)CCCN1C(=O)C(=O)/C(=C(/O)c2ccc(OCc3ccccc3)cc2)[C@@H]1c1ccccc1. The van der Waals surface area contributed by atoms with Crippen molar-refractivity contribution in [2.24, 2.45) is 0 Å². The van der Waals surface area contributed by atoms with E-state index in [-0.39, 0.29) is 11.3 Å². The summed E-state index contributed by atoms with van der Waals surface area (Å²) in [6.07, 6.45) is 0.719. The van der Waals surface area contributed by atoms with Crippen LogP contribution in [0.5, 0.6) is 5.75 Å². The number of aliphatic hydroxyl groups excluding tert-OH is 1. The van der Waals surface area contributed by atoms with E-state index in [1.807, 2.05) is 79.7 Å². The number of ether oxygens (including phenoxy) is 1. The fourth-order valence-electron chi connectivity index (χ4n) is 4.26. The molecule has 1 saturated heterocycles. The van der Waals surface area contributed by atoms with E-state index >= 15 is 0 Å². The lowest BCUT2D eigenvalue weighted by Gasteiger charge is -2.26. The molecule has 3 aromatic rings. The van der Waals surface area contributed by atoms with E-state index in [1.54, 1.807) is 29.2 Å². The van der Waals surface area contributed by atoms with Crippen molar-refractivity contribution < 1.29 is 19.4 Å². The van der Waals surface area contributed by atoms with Crippen molar-refractivity contribution >= 4 is 17.4 Å². The van der Waals surface area contributed by atoms with Crippen LogP contribution in [-0.4, -0.2) is 53.8 Å². The number of hydrogen-bond acceptors (Lipinski definition) is 5. The Morgan fingerprint density at radius 1 is 0.914 bits per heavy atom. The summed E-state index contributed by atoms with van der Waals surface area (Å²) in [7, 11) is 3.94. The van der Waals surface area contributed by atoms with Gasteiger partial charge in [-0.2, -0.15) is 0 Å². The largest absolute Gasteiger partial charge is 0.507 e. The number of nitrogens with zero attached hydrogens (tertiary/aromatic N) is 2. The molecule has 0 radical (unpaired) electrons. The van der Waals surface area contributed by atoms with Gasteiger partial charge in [0, 0.05) is 12.1 Å². The molecule has 0 unspecified atom stereocenters. The molecule has 0 aromatic heterocycles. The highest BCUT2D eigenvalue weighted by molar-refractivity contribution is 6.46. The Kier molecular flexibility index (Phi) is 7.63. The third-order valence-electron chi connectivity index (χ3n) is 6.04. The van der Waals surface area contributed by atoms with Gasteiger partial charge in [-0.1, -0.05) is 60.7 Å². The molecule has 1 N–H and O–H groups in total. The number of hydrogen-bond donors (Lipinski definition) is 1. The highest BCUT2D eigenvalue weighted by Gasteiger charge is 2.45. The number of benzene rings is 3. The van der Waals surface area contributed by atoms with Gasteiger partial charge in [0.25, 0.3) is 11.7 Å². The molecule has 6 nitrogen and oxygen atoms in total. The lowest BCUT2D eigenvalue weighted by Crippen LogP contribution is -2.32. The average molecular weight is 471 g/mol. The monoisotopic (exact) mass is 470 g/mol. The number of aliphatic hydroxyl groups is 1. The van der Waals surface area contributed by atoms with E-state index in [0.29, 0.717) is 24.5 Å². The number of amides is 1. The first-order valence-corrected chi connectivity index (χ1v) is 11.7. The molecule has 35 heavy (non-hydrogen) atoms. The zero-order valence-electron chi connectivity index (χ0n) is 20.1. The molecule has 1 aliphatic heterocycles. The first-order chi connectivity index (χ1) is 17.0. The maximum atomic E-state index is 13.1. The molecule has 0 saturated carbocycles. The first-order valence-electron chi connectivity index (χ1n) is 11.7. The van der Waals surface area contributed by atoms with E-state index in [2.05, 4.69) is 0 Å². The highest BCUT2D eigenvalue weighted by Crippen LogP contribution is 2.39. The van der Waals surface area contributed by atoms with Crippen molar-refractivity contribution in [3.05, 3.63) is 107 Å². The molecular formula is C29H30N2O4. The van der Waals surface area contributed by atoms with Crippen molar-refractivity contribution in [3.63, 3.8) is 0 Å². The van der Waals surface area contributed by atoms with Gasteiger partial charge in [-0.15, -0.1) is 0 Å². The summed E-state index contributed by atoms with van der Waals surface area (Å²) < 4.78 is 5.83. The minimum atomic E-state index is -0.661. The van der Waals surface area contributed by atoms with Gasteiger partial charge >= 0.3 is 0 Å². The molecule has 1 atom stereocenters. The number of rotatable bonds is 9. The van der Waals surface area contributed by atoms with Crippen molar-refractivity contribution in [1.82, 2.24) is 9.80 Å². The second-order valence-electron chi connectivity index (χ2n) is 8.86. The van der Waals surface area contributed by atoms with E-state index in [4.69, 9.17) is 4.74 Å². The molecule has 4 rings (SSSR count). The van der Waals surface area contributed by atoms with Crippen molar-refractivity contribution in [1.29, 1.82) is 0 Å². The predicted molar refractivity (Wildman–Crippen MR) is 136 cm³/mol. The van der Waals surface area contributed by atoms with Gasteiger partial charge in [-0.25, -0.2) is 0 Å². The van der Waals surface area contributed by atoms with E-state index in [1.165, 1.54) is 0 Å². The standard InChI is InChI=1S/C29H30N2O4/c1-30(2)18-9-19-31-26(22-12-7-4-8-13-22)25(28(33)29(31)34)27(32)23-14-16-24(17-15-23)35-20-21-10-5-3-6-11-21/h3-8,10-17,26,32H,9,18-20H2,1-2H3/b27-25+/t26-/m0/s1. The number of Topliss-reactive ketones (excluding diaryl/α,β-unsaturated/α-hetero) is 1. The van der Waals surface area contributed by atoms with Crippen LogP contribution in [0.1, 0.15) is 29.2 Å². The molecule has 1 fully saturated rings. The quantitative estimate of drug-likeness (QED) is 0.280. The minimum absolute atomic E-state index is 0.115. The molecule has 0 spiro atoms. The van der Waals surface area contributed by atoms with Gasteiger partial charge in [-0.3, -0.25) is 9.59 Å². The van der Waals surface area contributed by atoms with Gasteiger partial charge in [0.15, 0.2) is 0 Å². The maximum absolute atomic E-state index is 13.1. The number of likely N-dealkylation sites (tertiary alicyclic amines) is 1. The van der Waals surface area contributed by atoms with E-state index < -0.39 is 17.7 Å². The third kappa shape index (κ3) is 5.61. The summed E-state index contributed by atoms with van der Waals surface area (Å²) in [4.78, 5) is 29.7. The third-order valence-corrected chi connectivity index (χ3v) is 6.04. The number of carbonyl (C=O) groups excluding carboxylic acids is 2. The summed E-state index contributed by atoms with van der Waals surface area (Å²) in [5.74, 6) is -0.774. The summed E-state index contributed by atoms with van der Waals surface area (Å²) in [6.45, 7) is 1.64. The Bertz CT molecular complexity index is 1190. The smallest absolute Gasteiger partial charge is 0.295 e. The lowest BCUT2D eigenvalue weighted by molar-refractivity contribution is -0.139. The fraction of sp³-hybridized carbons (Fsp3) is 0.241. The molecule has 6 heteroatoms. The minimum Gasteiger partial charge on any atom is -0.507 e. The lowest BCUT2D eigenvalue weighted by atomic mass is 9.95. The zero-order chi connectivity index (χ0) is 24.8. The molecule has 0 bridgehead atoms. The second-order valence-corrected chi connectivity index (χ2v) is 8.86. The average Bonchev–Trinajstić information content (AvgIpc) is 3.13. The molecule has 180 valence electrons. The zero-order valence-corrected chi connectivity index (χ0v) is 20.1. The summed E-state index contributed by atoms with van der Waals surface area (Å²) in [5, 5.41) is 11.2. The van der Waals surface area contributed by atoms with E-state index in [9.17, 15) is 14.7 Å². The van der Waals surface area contributed by atoms with Gasteiger partial charge in [-0.05, 0) is 62.5 Å². The molecule has 0 aliphatic carbocycles. The van der Waals surface area contributed by atoms with Crippen LogP contribution in [0.25, 0.3) is 5.76 Å². The number of carbonyl (C=O) groups is 2. The molecule has 1 aliphatic rings. The second kappa shape index (κ2) is 11.0. The van der Waals surface area contributed by atoms with Crippen molar-refractivity contribution in [2.45, 2.75) is 19.1 Å². The fourth-order valence-corrected chi connectivity index (χ4v) is 4.26. The first kappa shape index (κ1) is 24.2. The Labute approximate surface area is 206 Å². The van der Waals surface area contributed by atoms with Gasteiger partial charge in [0.05, 0.1) is 11.6 Å². The summed E-state index contributed by atoms with van der Waals surface area (Å²) in [6, 6.07) is 25.5. The summed E-state index contributed by atoms with van der Waals surface area (Å²) in [5.41, 5.74) is 2.42. The number of ketones is 1. The van der Waals surface area contributed by atoms with Crippen LogP contribution < -0.4 is 4.74 Å². The molecule has 1 heterocycles. The van der Waals surface area contributed by atoms with Crippen LogP contribution in [0.4, 0.5) is 0 Å². The van der Waals surface area contributed by atoms with Gasteiger partial charge < -0.3 is 19.6 Å². The van der Waals surface area contributed by atoms with Crippen LogP contribution in [-0.2, 0) is 16.2 Å². The van der Waals surface area contributed by atoms with Gasteiger partial charge in [0.1, 0.15) is 18.1 Å². The van der Waals surface area contributed by atoms with Crippen LogP contribution in [0, 0.1) is 0 Å². The van der Waals surface area contributed by atoms with Crippen LogP contribution in [0.15, 0.2) is 90.5 Å². The topological polar surface area (TPSA) is 70.1 Å². The van der Waals surface area contributed by atoms with Crippen LogP contribution in [0.3, 0.4) is 0 Å². The van der Waals surface area contributed by atoms with Crippen molar-refractivity contribution in [2.75, 3.05) is 27.2 Å². The van der Waals surface area contributed by atoms with Crippen LogP contribution >= 0.6 is 0 Å². The molecule has 1 amide bonds. The van der Waals surface area contributed by atoms with E-state index in [0.717, 1.165) is 24.1 Å². The predicted octanol–water partition coefficient (Wildman–Crippen LogP) is 4.64. The Balaban J connectivity index is 1.61. The molecular weight excluding hydrogens is 440 g/mol. The van der Waals surface area contributed by atoms with Crippen molar-refractivity contribution in [3.8, 4) is 5.75 Å². The van der Waals surface area contributed by atoms with Gasteiger partial charge in [0.2, 0.25) is 0 Å². The Morgan fingerprint density at radius 3 is 2.17 bits per heavy atom.